The maximum atomic E-state index is 5.58. The van der Waals surface area contributed by atoms with Gasteiger partial charge in [0.25, 0.3) is 0 Å². The Labute approximate surface area is 124 Å². The summed E-state index contributed by atoms with van der Waals surface area (Å²) < 4.78 is 4.33. The van der Waals surface area contributed by atoms with Gasteiger partial charge in [-0.2, -0.15) is 0 Å². The minimum Gasteiger partial charge on any atom is -0.335 e. The number of thiazole rings is 1. The Balaban J connectivity index is 1.99. The van der Waals surface area contributed by atoms with Gasteiger partial charge in [-0.15, -0.1) is 11.3 Å². The Hall–Kier alpha value is -0.740. The summed E-state index contributed by atoms with van der Waals surface area (Å²) in [7, 11) is 0. The molecule has 0 saturated carbocycles. The van der Waals surface area contributed by atoms with Gasteiger partial charge < -0.3 is 4.57 Å². The van der Waals surface area contributed by atoms with Gasteiger partial charge in [-0.05, 0) is 19.4 Å². The fourth-order valence-electron chi connectivity index (χ4n) is 2.40. The zero-order valence-corrected chi connectivity index (χ0v) is 13.4. The van der Waals surface area contributed by atoms with Gasteiger partial charge in [-0.1, -0.05) is 51.2 Å². The number of rotatable bonds is 7. The molecule has 104 valence electrons. The van der Waals surface area contributed by atoms with Crippen molar-refractivity contribution in [2.45, 2.75) is 58.4 Å². The number of fused-ring (bicyclic) bond motifs is 1. The molecule has 0 fully saturated rings. The standard InChI is InChI=1S/C15H22N2S2/c1-3-4-5-6-7-8-12(2)17-10-9-13-14(15(17)18)19-11-16-13/h9-12H,3-8H2,1-2H3. The Morgan fingerprint density at radius 1 is 1.32 bits per heavy atom. The van der Waals surface area contributed by atoms with Crippen molar-refractivity contribution < 1.29 is 0 Å². The molecule has 2 heterocycles. The Morgan fingerprint density at radius 2 is 2.11 bits per heavy atom. The van der Waals surface area contributed by atoms with Crippen LogP contribution in [0.2, 0.25) is 0 Å². The van der Waals surface area contributed by atoms with Crippen molar-refractivity contribution >= 4 is 33.8 Å². The summed E-state index contributed by atoms with van der Waals surface area (Å²) in [5, 5.41) is 0. The first-order chi connectivity index (χ1) is 9.24. The molecule has 0 radical (unpaired) electrons. The van der Waals surface area contributed by atoms with E-state index < -0.39 is 0 Å². The van der Waals surface area contributed by atoms with Crippen molar-refractivity contribution in [3.63, 3.8) is 0 Å². The van der Waals surface area contributed by atoms with Crippen molar-refractivity contribution in [3.8, 4) is 0 Å². The van der Waals surface area contributed by atoms with Gasteiger partial charge in [-0.25, -0.2) is 4.98 Å². The van der Waals surface area contributed by atoms with E-state index in [4.69, 9.17) is 12.2 Å². The lowest BCUT2D eigenvalue weighted by Gasteiger charge is -2.16. The summed E-state index contributed by atoms with van der Waals surface area (Å²) in [6, 6.07) is 2.57. The minimum absolute atomic E-state index is 0.487. The molecule has 0 saturated heterocycles. The van der Waals surface area contributed by atoms with Crippen LogP contribution in [0, 0.1) is 4.64 Å². The van der Waals surface area contributed by atoms with Crippen LogP contribution >= 0.6 is 23.6 Å². The van der Waals surface area contributed by atoms with Gasteiger partial charge in [-0.3, -0.25) is 0 Å². The summed E-state index contributed by atoms with van der Waals surface area (Å²) in [6.07, 6.45) is 9.98. The molecule has 2 rings (SSSR count). The van der Waals surface area contributed by atoms with E-state index in [-0.39, 0.29) is 0 Å². The molecular weight excluding hydrogens is 272 g/mol. The molecule has 0 aromatic carbocycles. The third-order valence-corrected chi connectivity index (χ3v) is 5.01. The third-order valence-electron chi connectivity index (χ3n) is 3.62. The molecule has 19 heavy (non-hydrogen) atoms. The quantitative estimate of drug-likeness (QED) is 0.478. The second-order valence-corrected chi connectivity index (χ2v) is 6.39. The van der Waals surface area contributed by atoms with Crippen molar-refractivity contribution in [1.82, 2.24) is 9.55 Å². The normalized spacial score (nSPS) is 12.9. The number of hydrogen-bond donors (Lipinski definition) is 0. The van der Waals surface area contributed by atoms with Gasteiger partial charge >= 0.3 is 0 Å². The second-order valence-electron chi connectivity index (χ2n) is 5.15. The minimum atomic E-state index is 0.487. The predicted molar refractivity (Wildman–Crippen MR) is 86.5 cm³/mol. The first kappa shape index (κ1) is 14.7. The highest BCUT2D eigenvalue weighted by Gasteiger charge is 2.08. The summed E-state index contributed by atoms with van der Waals surface area (Å²) in [4.78, 5) is 4.31. The average molecular weight is 294 g/mol. The number of unbranched alkanes of at least 4 members (excludes halogenated alkanes) is 4. The second kappa shape index (κ2) is 7.15. The summed E-state index contributed by atoms with van der Waals surface area (Å²) in [5.74, 6) is 0. The van der Waals surface area contributed by atoms with Crippen LogP contribution in [0.4, 0.5) is 0 Å². The van der Waals surface area contributed by atoms with Gasteiger partial charge in [0.05, 0.1) is 15.7 Å². The highest BCUT2D eigenvalue weighted by Crippen LogP contribution is 2.23. The van der Waals surface area contributed by atoms with Crippen LogP contribution in [0.25, 0.3) is 10.2 Å². The SMILES string of the molecule is CCCCCCCC(C)n1ccc2ncsc2c1=S. The molecule has 1 unspecified atom stereocenters. The molecule has 0 N–H and O–H groups in total. The molecule has 0 amide bonds. The first-order valence-electron chi connectivity index (χ1n) is 7.18. The number of nitrogens with zero attached hydrogens (tertiary/aromatic N) is 2. The molecule has 2 aromatic heterocycles. The molecule has 1 atom stereocenters. The van der Waals surface area contributed by atoms with Crippen LogP contribution < -0.4 is 0 Å². The Bertz CT molecular complexity index is 571. The van der Waals surface area contributed by atoms with Crippen LogP contribution in [-0.4, -0.2) is 9.55 Å². The van der Waals surface area contributed by atoms with Gasteiger partial charge in [0.2, 0.25) is 0 Å². The zero-order chi connectivity index (χ0) is 13.7. The van der Waals surface area contributed by atoms with Crippen LogP contribution in [0.3, 0.4) is 0 Å². The lowest BCUT2D eigenvalue weighted by molar-refractivity contribution is 0.466. The van der Waals surface area contributed by atoms with E-state index in [0.717, 1.165) is 14.9 Å². The first-order valence-corrected chi connectivity index (χ1v) is 8.47. The van der Waals surface area contributed by atoms with E-state index in [1.165, 1.54) is 38.5 Å². The predicted octanol–water partition coefficient (Wildman–Crippen LogP) is 5.75. The molecule has 2 aromatic rings. The largest absolute Gasteiger partial charge is 0.335 e. The third kappa shape index (κ3) is 3.63. The van der Waals surface area contributed by atoms with E-state index in [2.05, 4.69) is 35.7 Å². The van der Waals surface area contributed by atoms with E-state index >= 15 is 0 Å². The van der Waals surface area contributed by atoms with Crippen LogP contribution in [0.15, 0.2) is 17.8 Å². The molecule has 0 spiro atoms. The molecule has 0 aliphatic rings. The topological polar surface area (TPSA) is 17.8 Å². The van der Waals surface area contributed by atoms with Crippen LogP contribution in [0.1, 0.15) is 58.4 Å². The summed E-state index contributed by atoms with van der Waals surface area (Å²) >= 11 is 7.22. The van der Waals surface area contributed by atoms with Crippen molar-refractivity contribution in [2.75, 3.05) is 0 Å². The Morgan fingerprint density at radius 3 is 2.89 bits per heavy atom. The molecule has 2 nitrogen and oxygen atoms in total. The Kier molecular flexibility index (Phi) is 5.52. The van der Waals surface area contributed by atoms with Crippen LogP contribution in [-0.2, 0) is 0 Å². The van der Waals surface area contributed by atoms with Crippen molar-refractivity contribution in [3.05, 3.63) is 22.4 Å². The highest BCUT2D eigenvalue weighted by atomic mass is 32.1. The van der Waals surface area contributed by atoms with E-state index in [9.17, 15) is 0 Å². The molecule has 0 aliphatic heterocycles. The number of pyridine rings is 1. The van der Waals surface area contributed by atoms with Crippen molar-refractivity contribution in [2.24, 2.45) is 0 Å². The van der Waals surface area contributed by atoms with Crippen LogP contribution in [0.5, 0.6) is 0 Å². The van der Waals surface area contributed by atoms with Gasteiger partial charge in [0.1, 0.15) is 4.64 Å². The zero-order valence-electron chi connectivity index (χ0n) is 11.8. The van der Waals surface area contributed by atoms with E-state index in [1.807, 2.05) is 5.51 Å². The fraction of sp³-hybridized carbons (Fsp3) is 0.600. The smallest absolute Gasteiger partial charge is 0.125 e. The van der Waals surface area contributed by atoms with Gasteiger partial charge in [0.15, 0.2) is 0 Å². The highest BCUT2D eigenvalue weighted by molar-refractivity contribution is 7.71. The maximum absolute atomic E-state index is 5.58. The number of hydrogen-bond acceptors (Lipinski definition) is 3. The monoisotopic (exact) mass is 294 g/mol. The summed E-state index contributed by atoms with van der Waals surface area (Å²) in [6.45, 7) is 4.52. The molecule has 0 bridgehead atoms. The summed E-state index contributed by atoms with van der Waals surface area (Å²) in [5.41, 5.74) is 2.90. The lowest BCUT2D eigenvalue weighted by Crippen LogP contribution is -2.06. The molecule has 0 aliphatic carbocycles. The maximum Gasteiger partial charge on any atom is 0.125 e. The lowest BCUT2D eigenvalue weighted by atomic mass is 10.1. The van der Waals surface area contributed by atoms with E-state index in [0.29, 0.717) is 6.04 Å². The van der Waals surface area contributed by atoms with Crippen molar-refractivity contribution in [1.29, 1.82) is 0 Å². The fourth-order valence-corrected chi connectivity index (χ4v) is 3.61. The van der Waals surface area contributed by atoms with E-state index in [1.54, 1.807) is 11.3 Å². The number of aromatic nitrogens is 2. The van der Waals surface area contributed by atoms with Gasteiger partial charge in [0, 0.05) is 12.2 Å². The average Bonchev–Trinajstić information content (AvgIpc) is 2.88. The molecular formula is C15H22N2S2. The molecule has 4 heteroatoms.